The smallest absolute Gasteiger partial charge is 0.223 e. The number of likely N-dealkylation sites (tertiary alicyclic amines) is 2. The van der Waals surface area contributed by atoms with Crippen LogP contribution in [0, 0.1) is 0 Å². The normalized spacial score (nSPS) is 27.4. The zero-order valence-corrected chi connectivity index (χ0v) is 14.6. The van der Waals surface area contributed by atoms with E-state index < -0.39 is 0 Å². The Balaban J connectivity index is 1.75. The SMILES string of the molecule is CC[C@H](C)N1CCC[C@]2(CCC(=O)N2Cc2ccccc2)CC1. The van der Waals surface area contributed by atoms with Gasteiger partial charge in [-0.3, -0.25) is 4.79 Å². The number of hydrogen-bond acceptors (Lipinski definition) is 2. The van der Waals surface area contributed by atoms with E-state index in [2.05, 4.69) is 47.9 Å². The Morgan fingerprint density at radius 1 is 1.13 bits per heavy atom. The first-order valence-electron chi connectivity index (χ1n) is 9.23. The standard InChI is InChI=1S/C20H30N2O/c1-3-17(2)21-14-7-11-20(13-15-21)12-10-19(23)22(20)16-18-8-5-4-6-9-18/h4-6,8-9,17H,3,7,10-16H2,1-2H3/t17-,20-/m0/s1. The summed E-state index contributed by atoms with van der Waals surface area (Å²) in [4.78, 5) is 17.4. The van der Waals surface area contributed by atoms with Gasteiger partial charge in [-0.25, -0.2) is 0 Å². The molecule has 2 aliphatic rings. The molecule has 0 bridgehead atoms. The van der Waals surface area contributed by atoms with Crippen LogP contribution in [-0.4, -0.2) is 40.4 Å². The molecule has 0 radical (unpaired) electrons. The predicted octanol–water partition coefficient (Wildman–Crippen LogP) is 3.83. The molecule has 2 saturated heterocycles. The lowest BCUT2D eigenvalue weighted by atomic mass is 9.87. The van der Waals surface area contributed by atoms with Crippen molar-refractivity contribution in [2.24, 2.45) is 0 Å². The Kier molecular flexibility index (Phi) is 5.05. The second-order valence-electron chi connectivity index (χ2n) is 7.34. The summed E-state index contributed by atoms with van der Waals surface area (Å²) in [5, 5.41) is 0. The maximum Gasteiger partial charge on any atom is 0.223 e. The van der Waals surface area contributed by atoms with E-state index in [4.69, 9.17) is 0 Å². The van der Waals surface area contributed by atoms with E-state index in [1.807, 2.05) is 6.07 Å². The lowest BCUT2D eigenvalue weighted by Gasteiger charge is -2.38. The van der Waals surface area contributed by atoms with Crippen molar-refractivity contribution < 1.29 is 4.79 Å². The van der Waals surface area contributed by atoms with E-state index in [0.29, 0.717) is 11.9 Å². The minimum Gasteiger partial charge on any atom is -0.333 e. The van der Waals surface area contributed by atoms with E-state index in [0.717, 1.165) is 32.4 Å². The third-order valence-electron chi connectivity index (χ3n) is 6.03. The minimum absolute atomic E-state index is 0.106. The Bertz CT molecular complexity index is 530. The maximum atomic E-state index is 12.5. The molecule has 0 aromatic heterocycles. The van der Waals surface area contributed by atoms with Crippen LogP contribution in [-0.2, 0) is 11.3 Å². The predicted molar refractivity (Wildman–Crippen MR) is 94.1 cm³/mol. The maximum absolute atomic E-state index is 12.5. The van der Waals surface area contributed by atoms with Gasteiger partial charge in [-0.1, -0.05) is 37.3 Å². The van der Waals surface area contributed by atoms with Crippen LogP contribution in [0.25, 0.3) is 0 Å². The van der Waals surface area contributed by atoms with Crippen molar-refractivity contribution in [2.45, 2.75) is 70.5 Å². The minimum atomic E-state index is 0.106. The molecule has 3 nitrogen and oxygen atoms in total. The van der Waals surface area contributed by atoms with Crippen LogP contribution in [0.5, 0.6) is 0 Å². The molecule has 2 atom stereocenters. The first-order chi connectivity index (χ1) is 11.1. The second kappa shape index (κ2) is 7.04. The average Bonchev–Trinajstić information content (AvgIpc) is 2.77. The molecule has 3 heteroatoms. The molecule has 2 heterocycles. The number of rotatable bonds is 4. The largest absolute Gasteiger partial charge is 0.333 e. The van der Waals surface area contributed by atoms with Gasteiger partial charge in [0.1, 0.15) is 0 Å². The van der Waals surface area contributed by atoms with Crippen LogP contribution in [0.2, 0.25) is 0 Å². The summed E-state index contributed by atoms with van der Waals surface area (Å²) >= 11 is 0. The molecule has 0 aliphatic carbocycles. The Hall–Kier alpha value is -1.35. The summed E-state index contributed by atoms with van der Waals surface area (Å²) in [6, 6.07) is 11.1. The van der Waals surface area contributed by atoms with Crippen molar-refractivity contribution in [1.82, 2.24) is 9.80 Å². The molecule has 1 aromatic carbocycles. The van der Waals surface area contributed by atoms with Gasteiger partial charge in [0.15, 0.2) is 0 Å². The van der Waals surface area contributed by atoms with Crippen LogP contribution in [0.15, 0.2) is 30.3 Å². The van der Waals surface area contributed by atoms with Crippen LogP contribution < -0.4 is 0 Å². The van der Waals surface area contributed by atoms with E-state index >= 15 is 0 Å². The highest BCUT2D eigenvalue weighted by Gasteiger charge is 2.45. The number of nitrogens with zero attached hydrogens (tertiary/aromatic N) is 2. The van der Waals surface area contributed by atoms with E-state index in [1.165, 1.54) is 31.4 Å². The van der Waals surface area contributed by atoms with Crippen molar-refractivity contribution in [3.8, 4) is 0 Å². The van der Waals surface area contributed by atoms with E-state index in [9.17, 15) is 4.79 Å². The Morgan fingerprint density at radius 2 is 1.91 bits per heavy atom. The quantitative estimate of drug-likeness (QED) is 0.843. The fourth-order valence-electron chi connectivity index (χ4n) is 4.31. The Morgan fingerprint density at radius 3 is 2.65 bits per heavy atom. The third-order valence-corrected chi connectivity index (χ3v) is 6.03. The number of carbonyl (C=O) groups is 1. The highest BCUT2D eigenvalue weighted by molar-refractivity contribution is 5.79. The lowest BCUT2D eigenvalue weighted by molar-refractivity contribution is -0.132. The van der Waals surface area contributed by atoms with Gasteiger partial charge in [0.2, 0.25) is 5.91 Å². The molecule has 23 heavy (non-hydrogen) atoms. The van der Waals surface area contributed by atoms with Gasteiger partial charge >= 0.3 is 0 Å². The number of amides is 1. The fraction of sp³-hybridized carbons (Fsp3) is 0.650. The zero-order chi connectivity index (χ0) is 16.3. The molecule has 0 unspecified atom stereocenters. The summed E-state index contributed by atoms with van der Waals surface area (Å²) in [7, 11) is 0. The van der Waals surface area contributed by atoms with E-state index in [-0.39, 0.29) is 5.54 Å². The van der Waals surface area contributed by atoms with E-state index in [1.54, 1.807) is 0 Å². The first-order valence-corrected chi connectivity index (χ1v) is 9.23. The summed E-state index contributed by atoms with van der Waals surface area (Å²) in [6.07, 6.45) is 6.50. The lowest BCUT2D eigenvalue weighted by Crippen LogP contribution is -2.46. The van der Waals surface area contributed by atoms with Gasteiger partial charge in [-0.2, -0.15) is 0 Å². The molecule has 3 rings (SSSR count). The topological polar surface area (TPSA) is 23.6 Å². The highest BCUT2D eigenvalue weighted by atomic mass is 16.2. The number of benzene rings is 1. The van der Waals surface area contributed by atoms with Crippen molar-refractivity contribution in [3.63, 3.8) is 0 Å². The number of carbonyl (C=O) groups excluding carboxylic acids is 1. The van der Waals surface area contributed by atoms with Crippen LogP contribution in [0.4, 0.5) is 0 Å². The van der Waals surface area contributed by atoms with Crippen molar-refractivity contribution in [3.05, 3.63) is 35.9 Å². The Labute approximate surface area is 140 Å². The fourth-order valence-corrected chi connectivity index (χ4v) is 4.31. The first kappa shape index (κ1) is 16.5. The summed E-state index contributed by atoms with van der Waals surface area (Å²) in [6.45, 7) is 7.70. The summed E-state index contributed by atoms with van der Waals surface area (Å²) in [5.74, 6) is 0.353. The monoisotopic (exact) mass is 314 g/mol. The molecule has 0 saturated carbocycles. The molecular formula is C20H30N2O. The summed E-state index contributed by atoms with van der Waals surface area (Å²) < 4.78 is 0. The number of hydrogen-bond donors (Lipinski definition) is 0. The average molecular weight is 314 g/mol. The van der Waals surface area contributed by atoms with Gasteiger partial charge in [0, 0.05) is 31.1 Å². The molecule has 2 fully saturated rings. The van der Waals surface area contributed by atoms with Crippen LogP contribution in [0.3, 0.4) is 0 Å². The van der Waals surface area contributed by atoms with Crippen molar-refractivity contribution in [2.75, 3.05) is 13.1 Å². The van der Waals surface area contributed by atoms with Crippen molar-refractivity contribution >= 4 is 5.91 Å². The van der Waals surface area contributed by atoms with Gasteiger partial charge in [-0.05, 0) is 51.1 Å². The molecule has 1 aromatic rings. The zero-order valence-electron chi connectivity index (χ0n) is 14.6. The molecule has 0 N–H and O–H groups in total. The molecule has 2 aliphatic heterocycles. The van der Waals surface area contributed by atoms with Gasteiger partial charge in [0.05, 0.1) is 0 Å². The van der Waals surface area contributed by atoms with Crippen molar-refractivity contribution in [1.29, 1.82) is 0 Å². The highest BCUT2D eigenvalue weighted by Crippen LogP contribution is 2.40. The molecule has 126 valence electrons. The van der Waals surface area contributed by atoms with Gasteiger partial charge < -0.3 is 9.80 Å². The van der Waals surface area contributed by atoms with Gasteiger partial charge in [0.25, 0.3) is 0 Å². The molecular weight excluding hydrogens is 284 g/mol. The van der Waals surface area contributed by atoms with Crippen LogP contribution in [0.1, 0.15) is 57.9 Å². The second-order valence-corrected chi connectivity index (χ2v) is 7.34. The third kappa shape index (κ3) is 3.45. The summed E-state index contributed by atoms with van der Waals surface area (Å²) in [5.41, 5.74) is 1.36. The van der Waals surface area contributed by atoms with Crippen LogP contribution >= 0.6 is 0 Å². The van der Waals surface area contributed by atoms with Gasteiger partial charge in [-0.15, -0.1) is 0 Å². The molecule has 1 spiro atoms. The molecule has 1 amide bonds.